The molecule has 23 heavy (non-hydrogen) atoms. The normalized spacial score (nSPS) is 10.2. The van der Waals surface area contributed by atoms with Crippen LogP contribution in [-0.2, 0) is 9.59 Å². The minimum Gasteiger partial charge on any atom is -0.316 e. The molecule has 1 aromatic carbocycles. The van der Waals surface area contributed by atoms with Crippen molar-refractivity contribution in [1.82, 2.24) is 4.98 Å². The first-order valence-corrected chi connectivity index (χ1v) is 7.60. The number of hydrogen-bond acceptors (Lipinski definition) is 3. The Labute approximate surface area is 136 Å². The smallest absolute Gasteiger partial charge is 0.226 e. The van der Waals surface area contributed by atoms with E-state index in [1.165, 1.54) is 0 Å². The zero-order chi connectivity index (χ0) is 16.7. The van der Waals surface area contributed by atoms with Crippen LogP contribution in [0.2, 0.25) is 0 Å². The van der Waals surface area contributed by atoms with Crippen molar-refractivity contribution < 1.29 is 9.59 Å². The molecule has 5 heteroatoms. The van der Waals surface area contributed by atoms with Gasteiger partial charge < -0.3 is 10.2 Å². The van der Waals surface area contributed by atoms with Crippen LogP contribution in [0.4, 0.5) is 11.5 Å². The third-order valence-electron chi connectivity index (χ3n) is 3.49. The van der Waals surface area contributed by atoms with E-state index < -0.39 is 0 Å². The number of nitrogens with zero attached hydrogens (tertiary/aromatic N) is 2. The standard InChI is InChI=1S/C18H21N3O2/c1-14-11-12-16(19-13-14)20-17(22)9-6-10-18(23)21(2)15-7-4-3-5-8-15/h3-5,7-8,11-13H,6,9-10H2,1-2H3,(H,19,20,22). The maximum absolute atomic E-state index is 12.1. The first-order chi connectivity index (χ1) is 11.1. The van der Waals surface area contributed by atoms with Crippen LogP contribution < -0.4 is 10.2 Å². The predicted molar refractivity (Wildman–Crippen MR) is 91.3 cm³/mol. The van der Waals surface area contributed by atoms with Crippen LogP contribution in [0, 0.1) is 6.92 Å². The van der Waals surface area contributed by atoms with E-state index in [1.807, 2.05) is 43.3 Å². The molecular formula is C18H21N3O2. The van der Waals surface area contributed by atoms with E-state index in [0.717, 1.165) is 11.3 Å². The molecule has 0 saturated carbocycles. The molecule has 5 nitrogen and oxygen atoms in total. The Morgan fingerprint density at radius 2 is 1.83 bits per heavy atom. The maximum atomic E-state index is 12.1. The lowest BCUT2D eigenvalue weighted by molar-refractivity contribution is -0.118. The van der Waals surface area contributed by atoms with Gasteiger partial charge in [0.1, 0.15) is 5.82 Å². The van der Waals surface area contributed by atoms with Crippen LogP contribution in [-0.4, -0.2) is 23.8 Å². The quantitative estimate of drug-likeness (QED) is 0.891. The summed E-state index contributed by atoms with van der Waals surface area (Å²) in [6, 6.07) is 13.1. The van der Waals surface area contributed by atoms with E-state index in [-0.39, 0.29) is 11.8 Å². The van der Waals surface area contributed by atoms with Gasteiger partial charge in [-0.25, -0.2) is 4.98 Å². The van der Waals surface area contributed by atoms with Crippen molar-refractivity contribution in [2.24, 2.45) is 0 Å². The fraction of sp³-hybridized carbons (Fsp3) is 0.278. The molecule has 0 atom stereocenters. The van der Waals surface area contributed by atoms with Gasteiger partial charge in [0.2, 0.25) is 11.8 Å². The molecule has 0 fully saturated rings. The fourth-order valence-corrected chi connectivity index (χ4v) is 2.11. The Morgan fingerprint density at radius 3 is 2.48 bits per heavy atom. The average molecular weight is 311 g/mol. The summed E-state index contributed by atoms with van der Waals surface area (Å²) in [6.07, 6.45) is 2.84. The van der Waals surface area contributed by atoms with E-state index in [2.05, 4.69) is 10.3 Å². The number of carbonyl (C=O) groups is 2. The predicted octanol–water partition coefficient (Wildman–Crippen LogP) is 3.16. The van der Waals surface area contributed by atoms with Gasteiger partial charge in [-0.05, 0) is 37.1 Å². The molecule has 0 aliphatic heterocycles. The van der Waals surface area contributed by atoms with E-state index in [9.17, 15) is 9.59 Å². The van der Waals surface area contributed by atoms with Crippen LogP contribution in [0.5, 0.6) is 0 Å². The number of para-hydroxylation sites is 1. The summed E-state index contributed by atoms with van der Waals surface area (Å²) in [5, 5.41) is 2.73. The van der Waals surface area contributed by atoms with E-state index >= 15 is 0 Å². The van der Waals surface area contributed by atoms with Gasteiger partial charge in [-0.1, -0.05) is 24.3 Å². The van der Waals surface area contributed by atoms with Crippen molar-refractivity contribution in [2.75, 3.05) is 17.3 Å². The molecule has 0 bridgehead atoms. The second kappa shape index (κ2) is 8.08. The Morgan fingerprint density at radius 1 is 1.09 bits per heavy atom. The van der Waals surface area contributed by atoms with Crippen LogP contribution in [0.3, 0.4) is 0 Å². The SMILES string of the molecule is Cc1ccc(NC(=O)CCCC(=O)N(C)c2ccccc2)nc1. The van der Waals surface area contributed by atoms with Gasteiger partial charge in [-0.3, -0.25) is 9.59 Å². The lowest BCUT2D eigenvalue weighted by Crippen LogP contribution is -2.26. The second-order valence-electron chi connectivity index (χ2n) is 5.41. The topological polar surface area (TPSA) is 62.3 Å². The number of pyridine rings is 1. The molecule has 0 aliphatic rings. The van der Waals surface area contributed by atoms with E-state index in [4.69, 9.17) is 0 Å². The second-order valence-corrected chi connectivity index (χ2v) is 5.41. The molecule has 120 valence electrons. The van der Waals surface area contributed by atoms with Gasteiger partial charge in [-0.2, -0.15) is 0 Å². The molecule has 1 N–H and O–H groups in total. The lowest BCUT2D eigenvalue weighted by Gasteiger charge is -2.17. The number of aromatic nitrogens is 1. The van der Waals surface area contributed by atoms with Crippen molar-refractivity contribution >= 4 is 23.3 Å². The molecule has 2 aromatic rings. The fourth-order valence-electron chi connectivity index (χ4n) is 2.11. The molecule has 1 heterocycles. The zero-order valence-electron chi connectivity index (χ0n) is 13.5. The lowest BCUT2D eigenvalue weighted by atomic mass is 10.2. The van der Waals surface area contributed by atoms with Crippen molar-refractivity contribution in [2.45, 2.75) is 26.2 Å². The number of amides is 2. The van der Waals surface area contributed by atoms with Crippen LogP contribution in [0.25, 0.3) is 0 Å². The summed E-state index contributed by atoms with van der Waals surface area (Å²) in [5.41, 5.74) is 1.89. The van der Waals surface area contributed by atoms with Crippen LogP contribution >= 0.6 is 0 Å². The van der Waals surface area contributed by atoms with Crippen molar-refractivity contribution in [3.63, 3.8) is 0 Å². The molecule has 1 aromatic heterocycles. The van der Waals surface area contributed by atoms with Gasteiger partial charge >= 0.3 is 0 Å². The summed E-state index contributed by atoms with van der Waals surface area (Å²) in [4.78, 5) is 29.7. The number of anilines is 2. The number of nitrogens with one attached hydrogen (secondary N) is 1. The minimum atomic E-state index is -0.128. The highest BCUT2D eigenvalue weighted by molar-refractivity contribution is 5.93. The van der Waals surface area contributed by atoms with Crippen molar-refractivity contribution in [3.05, 3.63) is 54.2 Å². The molecule has 0 saturated heterocycles. The van der Waals surface area contributed by atoms with Crippen molar-refractivity contribution in [1.29, 1.82) is 0 Å². The average Bonchev–Trinajstić information content (AvgIpc) is 2.57. The van der Waals surface area contributed by atoms with Gasteiger partial charge in [0.15, 0.2) is 0 Å². The summed E-state index contributed by atoms with van der Waals surface area (Å²) in [7, 11) is 1.74. The van der Waals surface area contributed by atoms with E-state index in [1.54, 1.807) is 24.2 Å². The Bertz CT molecular complexity index is 654. The Hall–Kier alpha value is -2.69. The third-order valence-corrected chi connectivity index (χ3v) is 3.49. The summed E-state index contributed by atoms with van der Waals surface area (Å²) in [5.74, 6) is 0.405. The van der Waals surface area contributed by atoms with Gasteiger partial charge in [-0.15, -0.1) is 0 Å². The van der Waals surface area contributed by atoms with Gasteiger partial charge in [0, 0.05) is 31.8 Å². The minimum absolute atomic E-state index is 0.00235. The zero-order valence-corrected chi connectivity index (χ0v) is 13.5. The molecule has 0 radical (unpaired) electrons. The monoisotopic (exact) mass is 311 g/mol. The Kier molecular flexibility index (Phi) is 5.86. The highest BCUT2D eigenvalue weighted by Gasteiger charge is 2.11. The highest BCUT2D eigenvalue weighted by Crippen LogP contribution is 2.13. The highest BCUT2D eigenvalue weighted by atomic mass is 16.2. The number of carbonyl (C=O) groups excluding carboxylic acids is 2. The van der Waals surface area contributed by atoms with Crippen LogP contribution in [0.15, 0.2) is 48.7 Å². The molecule has 0 unspecified atom stereocenters. The molecular weight excluding hydrogens is 290 g/mol. The summed E-state index contributed by atoms with van der Waals surface area (Å²) >= 11 is 0. The Balaban J connectivity index is 1.74. The number of aryl methyl sites for hydroxylation is 1. The first-order valence-electron chi connectivity index (χ1n) is 7.60. The van der Waals surface area contributed by atoms with E-state index in [0.29, 0.717) is 25.1 Å². The molecule has 0 aliphatic carbocycles. The summed E-state index contributed by atoms with van der Waals surface area (Å²) in [6.45, 7) is 1.94. The molecule has 2 amide bonds. The van der Waals surface area contributed by atoms with Crippen molar-refractivity contribution in [3.8, 4) is 0 Å². The van der Waals surface area contributed by atoms with Gasteiger partial charge in [0.25, 0.3) is 0 Å². The molecule has 0 spiro atoms. The van der Waals surface area contributed by atoms with Gasteiger partial charge in [0.05, 0.1) is 0 Å². The first kappa shape index (κ1) is 16.7. The number of benzene rings is 1. The van der Waals surface area contributed by atoms with Crippen LogP contribution in [0.1, 0.15) is 24.8 Å². The third kappa shape index (κ3) is 5.21. The summed E-state index contributed by atoms with van der Waals surface area (Å²) < 4.78 is 0. The maximum Gasteiger partial charge on any atom is 0.226 e. The molecule has 2 rings (SSSR count). The number of hydrogen-bond donors (Lipinski definition) is 1. The number of rotatable bonds is 6. The largest absolute Gasteiger partial charge is 0.316 e.